The number of phosphoric ester groups is 1. The normalized spacial score (nSPS) is 13.9. The number of unbranched alkanes of at least 4 members (excludes halogenated alkanes) is 1. The summed E-state index contributed by atoms with van der Waals surface area (Å²) >= 11 is 3.79. The number of aliphatic carboxylic acids is 2. The fourth-order valence-corrected chi connectivity index (χ4v) is 5.47. The molecule has 2 aromatic carbocycles. The van der Waals surface area contributed by atoms with E-state index in [0.717, 1.165) is 5.56 Å². The SMILES string of the molecule is C[C@H](N)C(=O)N[C@@H](CC(N)=O)C(=O)N[C@@H](Cc1ccccc1)C(=O)N[C@@H](CCCCN)C(=O)O.N[C@@H](CS)C(=O)N[C@H](C=O)CC(=O)O.N[C@H](C=O)Cc1ccc(OP(=O)(O)O)cc1. The lowest BCUT2D eigenvalue weighted by Gasteiger charge is -2.24. The topological polar surface area (TPSA) is 439 Å². The van der Waals surface area contributed by atoms with Crippen molar-refractivity contribution in [1.29, 1.82) is 0 Å². The zero-order valence-corrected chi connectivity index (χ0v) is 36.6. The largest absolute Gasteiger partial charge is 0.524 e. The van der Waals surface area contributed by atoms with Gasteiger partial charge in [0.15, 0.2) is 0 Å². The number of benzene rings is 2. The number of phosphoric acid groups is 1. The van der Waals surface area contributed by atoms with E-state index in [1.807, 2.05) is 0 Å². The fraction of sp³-hybridized carbons (Fsp3) is 0.447. The zero-order valence-electron chi connectivity index (χ0n) is 34.8. The molecule has 2 rings (SSSR count). The van der Waals surface area contributed by atoms with Crippen molar-refractivity contribution in [3.05, 3.63) is 65.7 Å². The highest BCUT2D eigenvalue weighted by Crippen LogP contribution is 2.37. The third kappa shape index (κ3) is 26.6. The molecule has 24 nitrogen and oxygen atoms in total. The molecule has 0 heterocycles. The average molecular weight is 944 g/mol. The van der Waals surface area contributed by atoms with E-state index in [0.29, 0.717) is 43.9 Å². The molecule has 0 aliphatic carbocycles. The first kappa shape index (κ1) is 58.2. The molecule has 356 valence electrons. The van der Waals surface area contributed by atoms with Gasteiger partial charge >= 0.3 is 19.8 Å². The first-order valence-corrected chi connectivity index (χ1v) is 21.4. The molecule has 0 saturated heterocycles. The van der Waals surface area contributed by atoms with Crippen molar-refractivity contribution in [2.45, 2.75) is 94.2 Å². The molecule has 0 fully saturated rings. The molecule has 0 spiro atoms. The van der Waals surface area contributed by atoms with Crippen molar-refractivity contribution in [3.63, 3.8) is 0 Å². The highest BCUT2D eigenvalue weighted by atomic mass is 32.1. The van der Waals surface area contributed by atoms with Crippen molar-refractivity contribution < 1.29 is 72.2 Å². The van der Waals surface area contributed by atoms with Crippen molar-refractivity contribution in [2.24, 2.45) is 28.7 Å². The maximum Gasteiger partial charge on any atom is 0.524 e. The maximum atomic E-state index is 13.0. The van der Waals surface area contributed by atoms with E-state index in [1.165, 1.54) is 19.1 Å². The summed E-state index contributed by atoms with van der Waals surface area (Å²) < 4.78 is 14.9. The van der Waals surface area contributed by atoms with Gasteiger partial charge in [-0.15, -0.1) is 0 Å². The molecule has 0 unspecified atom stereocenters. The van der Waals surface area contributed by atoms with Gasteiger partial charge in [-0.2, -0.15) is 12.6 Å². The van der Waals surface area contributed by atoms with Crippen molar-refractivity contribution in [2.75, 3.05) is 12.3 Å². The number of carboxylic acid groups (broad SMARTS) is 2. The monoisotopic (exact) mass is 943 g/mol. The van der Waals surface area contributed by atoms with Crippen LogP contribution in [0.25, 0.3) is 0 Å². The van der Waals surface area contributed by atoms with Gasteiger partial charge in [0.05, 0.1) is 37.0 Å². The van der Waals surface area contributed by atoms with Crippen LogP contribution in [0.15, 0.2) is 54.6 Å². The van der Waals surface area contributed by atoms with E-state index in [2.05, 4.69) is 38.4 Å². The van der Waals surface area contributed by atoms with Crippen molar-refractivity contribution in [3.8, 4) is 5.75 Å². The number of thiol groups is 1. The van der Waals surface area contributed by atoms with Crippen LogP contribution in [0.4, 0.5) is 0 Å². The number of rotatable bonds is 26. The van der Waals surface area contributed by atoms with Gasteiger partial charge in [0.25, 0.3) is 0 Å². The Kier molecular flexibility index (Phi) is 28.3. The lowest BCUT2D eigenvalue weighted by Crippen LogP contribution is -2.58. The molecular weight excluding hydrogens is 886 g/mol. The highest BCUT2D eigenvalue weighted by molar-refractivity contribution is 7.80. The Morgan fingerprint density at radius 3 is 1.75 bits per heavy atom. The van der Waals surface area contributed by atoms with Gasteiger partial charge in [0.2, 0.25) is 29.5 Å². The van der Waals surface area contributed by atoms with E-state index in [-0.39, 0.29) is 24.3 Å². The Balaban J connectivity index is 0.00000109. The minimum absolute atomic E-state index is 0.0398. The number of nitrogens with one attached hydrogen (secondary N) is 4. The number of nitrogens with two attached hydrogens (primary N) is 5. The fourth-order valence-electron chi connectivity index (χ4n) is 4.91. The van der Waals surface area contributed by atoms with Crippen LogP contribution in [0.1, 0.15) is 50.2 Å². The lowest BCUT2D eigenvalue weighted by atomic mass is 10.0. The smallest absolute Gasteiger partial charge is 0.481 e. The molecule has 18 N–H and O–H groups in total. The van der Waals surface area contributed by atoms with Gasteiger partial charge in [0.1, 0.15) is 36.4 Å². The van der Waals surface area contributed by atoms with E-state index in [4.69, 9.17) is 43.6 Å². The molecule has 0 radical (unpaired) electrons. The summed E-state index contributed by atoms with van der Waals surface area (Å²) in [6.45, 7) is 1.79. The number of hydrogen-bond donors (Lipinski definition) is 14. The molecule has 0 aliphatic rings. The third-order valence-corrected chi connectivity index (χ3v) is 8.98. The minimum atomic E-state index is -4.52. The van der Waals surface area contributed by atoms with E-state index < -0.39 is 104 Å². The summed E-state index contributed by atoms with van der Waals surface area (Å²) in [6, 6.07) is 7.63. The predicted octanol–water partition coefficient (Wildman–Crippen LogP) is -3.25. The molecule has 5 amide bonds. The second-order valence-electron chi connectivity index (χ2n) is 13.8. The maximum absolute atomic E-state index is 13.0. The molecule has 0 saturated carbocycles. The van der Waals surface area contributed by atoms with Gasteiger partial charge in [-0.1, -0.05) is 42.5 Å². The number of carboxylic acids is 2. The van der Waals surface area contributed by atoms with E-state index in [9.17, 15) is 52.8 Å². The van der Waals surface area contributed by atoms with E-state index in [1.54, 1.807) is 42.5 Å². The summed E-state index contributed by atoms with van der Waals surface area (Å²) in [7, 11) is -4.52. The Morgan fingerprint density at radius 1 is 0.734 bits per heavy atom. The molecule has 0 aliphatic heterocycles. The number of carbonyl (C=O) groups is 9. The van der Waals surface area contributed by atoms with Crippen LogP contribution in [-0.4, -0.2) is 129 Å². The van der Waals surface area contributed by atoms with Gasteiger partial charge in [-0.3, -0.25) is 38.6 Å². The third-order valence-electron chi connectivity index (χ3n) is 8.14. The van der Waals surface area contributed by atoms with Crippen LogP contribution in [-0.2, 0) is 60.6 Å². The first-order valence-electron chi connectivity index (χ1n) is 19.3. The van der Waals surface area contributed by atoms with Gasteiger partial charge < -0.3 is 74.3 Å². The van der Waals surface area contributed by atoms with Crippen LogP contribution in [0.2, 0.25) is 0 Å². The van der Waals surface area contributed by atoms with Crippen molar-refractivity contribution >= 4 is 74.5 Å². The number of hydrogen-bond acceptors (Lipinski definition) is 16. The molecular formula is C38H58N9O15PS. The van der Waals surface area contributed by atoms with E-state index >= 15 is 0 Å². The van der Waals surface area contributed by atoms with Crippen LogP contribution in [0.5, 0.6) is 5.75 Å². The standard InChI is InChI=1S/C22H34N6O6.C9H12NO5P.C7H12N2O4S/c1-13(24)19(30)27-17(12-18(25)29)21(32)28-16(11-14-7-3-2-4-8-14)20(31)26-15(22(33)34)9-5-6-10-23;10-8(6-11)5-7-1-3-9(4-2-7)15-16(12,13)14;8-5(3-14)7(13)9-4(2-10)1-6(11)12/h2-4,7-8,13,15-17H,5-6,9-12,23-24H2,1H3,(H2,25,29)(H,26,31)(H,27,30)(H,28,32)(H,33,34);1-4,6,8H,5,10H2,(H2,12,13,14);2,4-5,14H,1,3,8H2,(H,9,13)(H,11,12)/t13-,15-,16-,17-;8-;4-,5-/m000/s1. The summed E-state index contributed by atoms with van der Waals surface area (Å²) in [5, 5.41) is 27.3. The van der Waals surface area contributed by atoms with Crippen LogP contribution >= 0.6 is 20.5 Å². The number of amides is 5. The Hall–Kier alpha value is -5.79. The lowest BCUT2D eigenvalue weighted by molar-refractivity contribution is -0.142. The van der Waals surface area contributed by atoms with Crippen molar-refractivity contribution in [1.82, 2.24) is 21.3 Å². The second-order valence-corrected chi connectivity index (χ2v) is 15.4. The Morgan fingerprint density at radius 2 is 1.28 bits per heavy atom. The molecule has 0 aromatic heterocycles. The summed E-state index contributed by atoms with van der Waals surface area (Å²) in [4.78, 5) is 120. The average Bonchev–Trinajstić information content (AvgIpc) is 3.22. The molecule has 2 aromatic rings. The Labute approximate surface area is 373 Å². The van der Waals surface area contributed by atoms with Crippen LogP contribution in [0, 0.1) is 0 Å². The first-order chi connectivity index (χ1) is 30.0. The molecule has 64 heavy (non-hydrogen) atoms. The van der Waals surface area contributed by atoms with Gasteiger partial charge in [0, 0.05) is 12.2 Å². The van der Waals surface area contributed by atoms with Gasteiger partial charge in [-0.25, -0.2) is 9.36 Å². The molecule has 0 bridgehead atoms. The molecule has 26 heteroatoms. The summed E-state index contributed by atoms with van der Waals surface area (Å²) in [5.74, 6) is -5.86. The zero-order chi connectivity index (χ0) is 49.0. The number of primary amides is 1. The Bertz CT molecular complexity index is 1870. The summed E-state index contributed by atoms with van der Waals surface area (Å²) in [6.07, 6.45) is 1.70. The van der Waals surface area contributed by atoms with Gasteiger partial charge in [-0.05, 0) is 62.4 Å². The van der Waals surface area contributed by atoms with Crippen LogP contribution in [0.3, 0.4) is 0 Å². The van der Waals surface area contributed by atoms with Crippen LogP contribution < -0.4 is 54.5 Å². The summed E-state index contributed by atoms with van der Waals surface area (Å²) in [5.41, 5.74) is 28.4. The number of carbonyl (C=O) groups excluding carboxylic acids is 7. The second kappa shape index (κ2) is 31.1. The highest BCUT2D eigenvalue weighted by Gasteiger charge is 2.31. The minimum Gasteiger partial charge on any atom is -0.481 e. The molecule has 7 atom stereocenters. The predicted molar refractivity (Wildman–Crippen MR) is 233 cm³/mol. The quantitative estimate of drug-likeness (QED) is 0.0191. The number of aldehydes is 2.